The molecule has 5 heteroatoms. The zero-order valence-corrected chi connectivity index (χ0v) is 18.5. The standard InChI is InChI=1S/C25H36O5/c1-3-5-7-9-10-11-12-14-18-28-20-16-15-17-21-22(20)24(23(26)25(27)30-21)29-19-13-8-6-4-2/h6,8,15-17,26H,3-5,7,9-14,18-19H2,1-2H3/b8-6+. The van der Waals surface area contributed by atoms with Crippen molar-refractivity contribution in [3.05, 3.63) is 40.8 Å². The molecule has 0 fully saturated rings. The minimum Gasteiger partial charge on any atom is -0.499 e. The van der Waals surface area contributed by atoms with Gasteiger partial charge >= 0.3 is 5.63 Å². The van der Waals surface area contributed by atoms with E-state index >= 15 is 0 Å². The zero-order valence-electron chi connectivity index (χ0n) is 18.5. The maximum Gasteiger partial charge on any atom is 0.382 e. The van der Waals surface area contributed by atoms with Crippen LogP contribution in [0.5, 0.6) is 17.2 Å². The lowest BCUT2D eigenvalue weighted by molar-refractivity contribution is 0.291. The third-order valence-electron chi connectivity index (χ3n) is 5.01. The molecule has 0 unspecified atom stereocenters. The molecule has 166 valence electrons. The van der Waals surface area contributed by atoms with Crippen molar-refractivity contribution < 1.29 is 19.0 Å². The fourth-order valence-electron chi connectivity index (χ4n) is 3.37. The van der Waals surface area contributed by atoms with Crippen LogP contribution in [-0.2, 0) is 0 Å². The summed E-state index contributed by atoms with van der Waals surface area (Å²) in [7, 11) is 0. The first-order chi connectivity index (χ1) is 14.7. The molecular formula is C25H36O5. The third kappa shape index (κ3) is 7.43. The van der Waals surface area contributed by atoms with E-state index in [1.807, 2.05) is 12.1 Å². The topological polar surface area (TPSA) is 68.9 Å². The van der Waals surface area contributed by atoms with Crippen molar-refractivity contribution in [3.63, 3.8) is 0 Å². The van der Waals surface area contributed by atoms with Gasteiger partial charge in [-0.2, -0.15) is 0 Å². The van der Waals surface area contributed by atoms with Crippen molar-refractivity contribution in [1.29, 1.82) is 0 Å². The third-order valence-corrected chi connectivity index (χ3v) is 5.01. The predicted molar refractivity (Wildman–Crippen MR) is 122 cm³/mol. The van der Waals surface area contributed by atoms with E-state index < -0.39 is 11.4 Å². The van der Waals surface area contributed by atoms with Crippen LogP contribution in [0.15, 0.2) is 39.6 Å². The molecule has 1 heterocycles. The summed E-state index contributed by atoms with van der Waals surface area (Å²) in [5.74, 6) is 0.191. The van der Waals surface area contributed by atoms with Crippen LogP contribution in [0.4, 0.5) is 0 Å². The van der Waals surface area contributed by atoms with Crippen molar-refractivity contribution in [2.75, 3.05) is 13.2 Å². The molecule has 1 aromatic heterocycles. The maximum atomic E-state index is 12.0. The average molecular weight is 417 g/mol. The second kappa shape index (κ2) is 13.7. The molecule has 2 aromatic rings. The van der Waals surface area contributed by atoms with E-state index in [0.717, 1.165) is 19.3 Å². The minimum atomic E-state index is -0.804. The lowest BCUT2D eigenvalue weighted by atomic mass is 10.1. The van der Waals surface area contributed by atoms with Gasteiger partial charge < -0.3 is 19.0 Å². The first kappa shape index (κ1) is 23.8. The van der Waals surface area contributed by atoms with Gasteiger partial charge in [0, 0.05) is 0 Å². The van der Waals surface area contributed by atoms with E-state index in [1.165, 1.54) is 38.5 Å². The van der Waals surface area contributed by atoms with Crippen LogP contribution in [0.1, 0.15) is 78.1 Å². The van der Waals surface area contributed by atoms with Gasteiger partial charge in [0.05, 0.1) is 13.2 Å². The zero-order chi connectivity index (χ0) is 21.6. The van der Waals surface area contributed by atoms with Crippen LogP contribution in [0, 0.1) is 0 Å². The molecular weight excluding hydrogens is 380 g/mol. The highest BCUT2D eigenvalue weighted by Crippen LogP contribution is 2.38. The van der Waals surface area contributed by atoms with E-state index in [-0.39, 0.29) is 5.75 Å². The number of hydrogen-bond donors (Lipinski definition) is 1. The van der Waals surface area contributed by atoms with Crippen molar-refractivity contribution >= 4 is 11.0 Å². The van der Waals surface area contributed by atoms with E-state index in [2.05, 4.69) is 19.9 Å². The molecule has 1 aromatic carbocycles. The highest BCUT2D eigenvalue weighted by atomic mass is 16.5. The molecule has 2 rings (SSSR count). The van der Waals surface area contributed by atoms with Gasteiger partial charge in [-0.1, -0.05) is 77.0 Å². The molecule has 30 heavy (non-hydrogen) atoms. The smallest absolute Gasteiger partial charge is 0.382 e. The van der Waals surface area contributed by atoms with Gasteiger partial charge in [0.2, 0.25) is 5.75 Å². The fourth-order valence-corrected chi connectivity index (χ4v) is 3.37. The van der Waals surface area contributed by atoms with Crippen molar-refractivity contribution in [2.24, 2.45) is 0 Å². The van der Waals surface area contributed by atoms with E-state index in [0.29, 0.717) is 36.4 Å². The number of allylic oxidation sites excluding steroid dienone is 1. The summed E-state index contributed by atoms with van der Waals surface area (Å²) in [5, 5.41) is 10.8. The highest BCUT2D eigenvalue weighted by molar-refractivity contribution is 5.91. The van der Waals surface area contributed by atoms with Gasteiger partial charge in [0.1, 0.15) is 16.7 Å². The van der Waals surface area contributed by atoms with Crippen LogP contribution in [0.2, 0.25) is 0 Å². The molecule has 0 amide bonds. The number of hydrogen-bond acceptors (Lipinski definition) is 5. The lowest BCUT2D eigenvalue weighted by Crippen LogP contribution is -2.06. The Bertz CT molecular complexity index is 837. The van der Waals surface area contributed by atoms with E-state index in [1.54, 1.807) is 12.1 Å². The van der Waals surface area contributed by atoms with Crippen LogP contribution >= 0.6 is 0 Å². The maximum absolute atomic E-state index is 12.0. The molecule has 0 aliphatic heterocycles. The monoisotopic (exact) mass is 416 g/mol. The molecule has 0 saturated heterocycles. The van der Waals surface area contributed by atoms with Gasteiger partial charge in [-0.15, -0.1) is 0 Å². The Hall–Kier alpha value is -2.43. The van der Waals surface area contributed by atoms with Crippen molar-refractivity contribution in [2.45, 2.75) is 78.1 Å². The van der Waals surface area contributed by atoms with Gasteiger partial charge in [-0.05, 0) is 31.4 Å². The van der Waals surface area contributed by atoms with Crippen molar-refractivity contribution in [3.8, 4) is 17.2 Å². The molecule has 0 atom stereocenters. The summed E-state index contributed by atoms with van der Waals surface area (Å²) < 4.78 is 17.0. The molecule has 0 aliphatic rings. The summed E-state index contributed by atoms with van der Waals surface area (Å²) in [6.45, 7) is 5.23. The summed E-state index contributed by atoms with van der Waals surface area (Å²) >= 11 is 0. The minimum absolute atomic E-state index is 0.137. The molecule has 1 N–H and O–H groups in total. The van der Waals surface area contributed by atoms with Crippen LogP contribution in [0.25, 0.3) is 11.0 Å². The summed E-state index contributed by atoms with van der Waals surface area (Å²) in [5.41, 5.74) is -0.452. The highest BCUT2D eigenvalue weighted by Gasteiger charge is 2.19. The predicted octanol–water partition coefficient (Wildman–Crippen LogP) is 6.75. The van der Waals surface area contributed by atoms with Gasteiger partial charge in [-0.3, -0.25) is 0 Å². The number of aromatic hydroxyl groups is 1. The molecule has 5 nitrogen and oxygen atoms in total. The van der Waals surface area contributed by atoms with Gasteiger partial charge in [0.25, 0.3) is 0 Å². The molecule has 0 aliphatic carbocycles. The Labute approximate surface area is 179 Å². The average Bonchev–Trinajstić information content (AvgIpc) is 2.75. The van der Waals surface area contributed by atoms with Crippen LogP contribution in [0.3, 0.4) is 0 Å². The van der Waals surface area contributed by atoms with Crippen molar-refractivity contribution in [1.82, 2.24) is 0 Å². The number of fused-ring (bicyclic) bond motifs is 1. The molecule has 0 saturated carbocycles. The SMILES string of the molecule is CC/C=C/CCOc1c(O)c(=O)oc2cccc(OCCCCCCCCCC)c12. The Balaban J connectivity index is 1.99. The Morgan fingerprint density at radius 1 is 0.933 bits per heavy atom. The number of benzene rings is 1. The number of rotatable bonds is 15. The Morgan fingerprint density at radius 2 is 1.67 bits per heavy atom. The second-order valence-electron chi connectivity index (χ2n) is 7.54. The van der Waals surface area contributed by atoms with Gasteiger partial charge in [0.15, 0.2) is 5.75 Å². The number of ether oxygens (including phenoxy) is 2. The Kier molecular flexibility index (Phi) is 10.9. The van der Waals surface area contributed by atoms with Gasteiger partial charge in [-0.25, -0.2) is 4.79 Å². The lowest BCUT2D eigenvalue weighted by Gasteiger charge is -2.13. The summed E-state index contributed by atoms with van der Waals surface area (Å²) in [6.07, 6.45) is 15.5. The largest absolute Gasteiger partial charge is 0.499 e. The first-order valence-electron chi connectivity index (χ1n) is 11.4. The molecule has 0 radical (unpaired) electrons. The fraction of sp³-hybridized carbons (Fsp3) is 0.560. The normalized spacial score (nSPS) is 11.4. The van der Waals surface area contributed by atoms with E-state index in [9.17, 15) is 9.90 Å². The van der Waals surface area contributed by atoms with Crippen LogP contribution in [-0.4, -0.2) is 18.3 Å². The van der Waals surface area contributed by atoms with Crippen LogP contribution < -0.4 is 15.1 Å². The molecule has 0 bridgehead atoms. The number of unbranched alkanes of at least 4 members (excludes halogenated alkanes) is 7. The quantitative estimate of drug-likeness (QED) is 0.197. The van der Waals surface area contributed by atoms with E-state index in [4.69, 9.17) is 13.9 Å². The summed E-state index contributed by atoms with van der Waals surface area (Å²) in [6, 6.07) is 5.28. The molecule has 0 spiro atoms. The summed E-state index contributed by atoms with van der Waals surface area (Å²) in [4.78, 5) is 12.0. The Morgan fingerprint density at radius 3 is 2.40 bits per heavy atom. The second-order valence-corrected chi connectivity index (χ2v) is 7.54. The first-order valence-corrected chi connectivity index (χ1v) is 11.4.